The van der Waals surface area contributed by atoms with Crippen molar-refractivity contribution in [1.82, 2.24) is 15.2 Å². The maximum absolute atomic E-state index is 12.5. The van der Waals surface area contributed by atoms with E-state index in [9.17, 15) is 14.4 Å². The van der Waals surface area contributed by atoms with Gasteiger partial charge in [0.15, 0.2) is 5.78 Å². The molecule has 1 aliphatic carbocycles. The van der Waals surface area contributed by atoms with Crippen molar-refractivity contribution in [2.75, 3.05) is 13.1 Å². The standard InChI is InChI=1S/C17H23N3O3/c1-10-15-13(4-3-5-14(15)22)19-16(10)17(23)18-12-6-8-20(9-7-12)11(2)21/h12,19H,3-9H2,1-2H3,(H,18,23). The zero-order chi connectivity index (χ0) is 16.6. The van der Waals surface area contributed by atoms with E-state index in [2.05, 4.69) is 10.3 Å². The molecule has 2 N–H and O–H groups in total. The van der Waals surface area contributed by atoms with E-state index in [0.717, 1.165) is 36.9 Å². The van der Waals surface area contributed by atoms with E-state index in [1.165, 1.54) is 0 Å². The number of piperidine rings is 1. The van der Waals surface area contributed by atoms with Crippen molar-refractivity contribution in [2.24, 2.45) is 0 Å². The highest BCUT2D eigenvalue weighted by molar-refractivity contribution is 6.04. The lowest BCUT2D eigenvalue weighted by atomic mass is 9.93. The Bertz CT molecular complexity index is 654. The summed E-state index contributed by atoms with van der Waals surface area (Å²) < 4.78 is 0. The molecule has 23 heavy (non-hydrogen) atoms. The number of ketones is 1. The molecule has 1 saturated heterocycles. The smallest absolute Gasteiger partial charge is 0.268 e. The highest BCUT2D eigenvalue weighted by atomic mass is 16.2. The highest BCUT2D eigenvalue weighted by Crippen LogP contribution is 2.26. The molecule has 0 unspecified atom stereocenters. The summed E-state index contributed by atoms with van der Waals surface area (Å²) in [5.41, 5.74) is 2.89. The second-order valence-corrected chi connectivity index (χ2v) is 6.51. The van der Waals surface area contributed by atoms with Gasteiger partial charge in [-0.2, -0.15) is 0 Å². The number of H-pyrrole nitrogens is 1. The van der Waals surface area contributed by atoms with Crippen LogP contribution in [0.25, 0.3) is 0 Å². The van der Waals surface area contributed by atoms with Gasteiger partial charge in [-0.1, -0.05) is 0 Å². The summed E-state index contributed by atoms with van der Waals surface area (Å²) in [4.78, 5) is 40.9. The molecule has 6 nitrogen and oxygen atoms in total. The Balaban J connectivity index is 1.68. The molecular formula is C17H23N3O3. The van der Waals surface area contributed by atoms with Crippen LogP contribution in [0, 0.1) is 6.92 Å². The number of hydrogen-bond acceptors (Lipinski definition) is 3. The van der Waals surface area contributed by atoms with Crippen molar-refractivity contribution < 1.29 is 14.4 Å². The topological polar surface area (TPSA) is 82.3 Å². The van der Waals surface area contributed by atoms with Crippen LogP contribution in [0.1, 0.15) is 64.7 Å². The normalized spacial score (nSPS) is 18.7. The van der Waals surface area contributed by atoms with Crippen molar-refractivity contribution in [3.8, 4) is 0 Å². The average molecular weight is 317 g/mol. The Morgan fingerprint density at radius 2 is 1.91 bits per heavy atom. The highest BCUT2D eigenvalue weighted by Gasteiger charge is 2.28. The maximum Gasteiger partial charge on any atom is 0.268 e. The van der Waals surface area contributed by atoms with Crippen LogP contribution >= 0.6 is 0 Å². The first kappa shape index (κ1) is 15.8. The first-order valence-electron chi connectivity index (χ1n) is 8.28. The fraction of sp³-hybridized carbons (Fsp3) is 0.588. The number of carbonyl (C=O) groups is 3. The van der Waals surface area contributed by atoms with E-state index in [-0.39, 0.29) is 23.6 Å². The van der Waals surface area contributed by atoms with Crippen molar-refractivity contribution in [2.45, 2.75) is 52.0 Å². The summed E-state index contributed by atoms with van der Waals surface area (Å²) in [6.07, 6.45) is 3.77. The van der Waals surface area contributed by atoms with Crippen molar-refractivity contribution >= 4 is 17.6 Å². The summed E-state index contributed by atoms with van der Waals surface area (Å²) >= 11 is 0. The summed E-state index contributed by atoms with van der Waals surface area (Å²) in [6.45, 7) is 4.77. The van der Waals surface area contributed by atoms with Crippen molar-refractivity contribution in [3.63, 3.8) is 0 Å². The predicted molar refractivity (Wildman–Crippen MR) is 85.5 cm³/mol. The molecule has 1 aromatic heterocycles. The van der Waals surface area contributed by atoms with Gasteiger partial charge >= 0.3 is 0 Å². The molecule has 2 amide bonds. The Labute approximate surface area is 135 Å². The first-order valence-corrected chi connectivity index (χ1v) is 8.28. The number of aromatic amines is 1. The third kappa shape index (κ3) is 3.02. The number of aryl methyl sites for hydroxylation is 1. The van der Waals surface area contributed by atoms with E-state index in [1.54, 1.807) is 11.8 Å². The summed E-state index contributed by atoms with van der Waals surface area (Å²) in [7, 11) is 0. The van der Waals surface area contributed by atoms with Crippen molar-refractivity contribution in [3.05, 3.63) is 22.5 Å². The number of amides is 2. The van der Waals surface area contributed by atoms with Crippen LogP contribution in [-0.2, 0) is 11.2 Å². The minimum absolute atomic E-state index is 0.0773. The van der Waals surface area contributed by atoms with Crippen LogP contribution < -0.4 is 5.32 Å². The molecule has 0 bridgehead atoms. The first-order chi connectivity index (χ1) is 11.0. The minimum Gasteiger partial charge on any atom is -0.354 e. The van der Waals surface area contributed by atoms with Crippen LogP contribution in [0.15, 0.2) is 0 Å². The Morgan fingerprint density at radius 1 is 1.22 bits per heavy atom. The lowest BCUT2D eigenvalue weighted by Crippen LogP contribution is -2.46. The van der Waals surface area contributed by atoms with E-state index in [1.807, 2.05) is 6.92 Å². The second-order valence-electron chi connectivity index (χ2n) is 6.51. The summed E-state index contributed by atoms with van der Waals surface area (Å²) in [5, 5.41) is 3.04. The number of fused-ring (bicyclic) bond motifs is 1. The average Bonchev–Trinajstić information content (AvgIpc) is 2.86. The Morgan fingerprint density at radius 3 is 2.52 bits per heavy atom. The van der Waals surface area contributed by atoms with Crippen LogP contribution in [-0.4, -0.2) is 46.6 Å². The van der Waals surface area contributed by atoms with Crippen LogP contribution in [0.3, 0.4) is 0 Å². The Kier molecular flexibility index (Phi) is 4.24. The fourth-order valence-corrected chi connectivity index (χ4v) is 3.60. The fourth-order valence-electron chi connectivity index (χ4n) is 3.60. The number of Topliss-reactive ketones (excluding diaryl/α,β-unsaturated/α-hetero) is 1. The van der Waals surface area contributed by atoms with Gasteiger partial charge in [0.2, 0.25) is 5.91 Å². The molecule has 0 radical (unpaired) electrons. The third-order valence-corrected chi connectivity index (χ3v) is 4.94. The number of likely N-dealkylation sites (tertiary alicyclic amines) is 1. The van der Waals surface area contributed by atoms with Crippen LogP contribution in [0.5, 0.6) is 0 Å². The number of nitrogens with one attached hydrogen (secondary N) is 2. The van der Waals surface area contributed by atoms with E-state index >= 15 is 0 Å². The minimum atomic E-state index is -0.147. The molecule has 0 atom stereocenters. The van der Waals surface area contributed by atoms with Gasteiger partial charge in [-0.3, -0.25) is 14.4 Å². The lowest BCUT2D eigenvalue weighted by Gasteiger charge is -2.31. The molecule has 1 aromatic rings. The molecule has 0 aromatic carbocycles. The molecule has 0 spiro atoms. The largest absolute Gasteiger partial charge is 0.354 e. The third-order valence-electron chi connectivity index (χ3n) is 4.94. The SMILES string of the molecule is CC(=O)N1CCC(NC(=O)c2[nH]c3c(c2C)C(=O)CCC3)CC1. The van der Waals surface area contributed by atoms with Gasteiger partial charge in [0.05, 0.1) is 0 Å². The number of rotatable bonds is 2. The Hall–Kier alpha value is -2.11. The number of hydrogen-bond donors (Lipinski definition) is 2. The summed E-state index contributed by atoms with van der Waals surface area (Å²) in [5.74, 6) is 0.0703. The predicted octanol–water partition coefficient (Wildman–Crippen LogP) is 1.58. The molecule has 2 aliphatic rings. The van der Waals surface area contributed by atoms with Gasteiger partial charge in [0.1, 0.15) is 5.69 Å². The van der Waals surface area contributed by atoms with Gasteiger partial charge in [0, 0.05) is 43.7 Å². The zero-order valence-corrected chi connectivity index (χ0v) is 13.7. The van der Waals surface area contributed by atoms with Gasteiger partial charge in [0.25, 0.3) is 5.91 Å². The molecule has 3 rings (SSSR count). The van der Waals surface area contributed by atoms with E-state index < -0.39 is 0 Å². The second kappa shape index (κ2) is 6.18. The molecule has 0 saturated carbocycles. The molecule has 1 fully saturated rings. The van der Waals surface area contributed by atoms with E-state index in [4.69, 9.17) is 0 Å². The van der Waals surface area contributed by atoms with Gasteiger partial charge in [-0.05, 0) is 38.2 Å². The van der Waals surface area contributed by atoms with Gasteiger partial charge in [-0.15, -0.1) is 0 Å². The number of nitrogens with zero attached hydrogens (tertiary/aromatic N) is 1. The molecule has 124 valence electrons. The number of aromatic nitrogens is 1. The zero-order valence-electron chi connectivity index (χ0n) is 13.7. The maximum atomic E-state index is 12.5. The number of carbonyl (C=O) groups excluding carboxylic acids is 3. The van der Waals surface area contributed by atoms with E-state index in [0.29, 0.717) is 30.8 Å². The monoisotopic (exact) mass is 317 g/mol. The molecule has 1 aliphatic heterocycles. The summed E-state index contributed by atoms with van der Waals surface area (Å²) in [6, 6.07) is 0.0773. The quantitative estimate of drug-likeness (QED) is 0.869. The van der Waals surface area contributed by atoms with Crippen LogP contribution in [0.2, 0.25) is 0 Å². The lowest BCUT2D eigenvalue weighted by molar-refractivity contribution is -0.129. The van der Waals surface area contributed by atoms with Gasteiger partial charge in [-0.25, -0.2) is 0 Å². The molecular weight excluding hydrogens is 294 g/mol. The molecule has 2 heterocycles. The van der Waals surface area contributed by atoms with Crippen LogP contribution in [0.4, 0.5) is 0 Å². The van der Waals surface area contributed by atoms with Gasteiger partial charge < -0.3 is 15.2 Å². The molecule has 6 heteroatoms. The van der Waals surface area contributed by atoms with Crippen molar-refractivity contribution in [1.29, 1.82) is 0 Å².